The fraction of sp³-hybridized carbons (Fsp3) is 0.714. The number of hydrogen-bond acceptors (Lipinski definition) is 5. The van der Waals surface area contributed by atoms with Gasteiger partial charge < -0.3 is 9.80 Å². The normalized spacial score (nSPS) is 18.8. The van der Waals surface area contributed by atoms with E-state index in [4.69, 9.17) is 4.98 Å². The molecule has 2 aromatic heterocycles. The quantitative estimate of drug-likeness (QED) is 0.790. The molecule has 0 spiro atoms. The molecule has 2 aliphatic rings. The van der Waals surface area contributed by atoms with E-state index in [0.29, 0.717) is 49.1 Å². The van der Waals surface area contributed by atoms with E-state index in [1.54, 1.807) is 16.3 Å². The van der Waals surface area contributed by atoms with Gasteiger partial charge in [0.05, 0.1) is 5.69 Å². The molecule has 29 heavy (non-hydrogen) atoms. The van der Waals surface area contributed by atoms with Gasteiger partial charge in [0.25, 0.3) is 5.56 Å². The molecule has 3 heterocycles. The largest absolute Gasteiger partial charge is 0.339 e. The topological polar surface area (TPSA) is 76.3 Å². The van der Waals surface area contributed by atoms with Gasteiger partial charge in [0.1, 0.15) is 5.52 Å². The predicted octanol–water partition coefficient (Wildman–Crippen LogP) is 2.25. The van der Waals surface area contributed by atoms with E-state index in [1.807, 2.05) is 25.7 Å². The van der Waals surface area contributed by atoms with Crippen LogP contribution in [0.2, 0.25) is 0 Å². The van der Waals surface area contributed by atoms with Crippen LogP contribution in [0, 0.1) is 12.8 Å². The zero-order valence-corrected chi connectivity index (χ0v) is 18.0. The minimum atomic E-state index is -0.0520. The summed E-state index contributed by atoms with van der Waals surface area (Å²) >= 11 is 0. The summed E-state index contributed by atoms with van der Waals surface area (Å²) < 4.78 is 3.39. The number of aryl methyl sites for hydroxylation is 2. The Kier molecular flexibility index (Phi) is 5.36. The van der Waals surface area contributed by atoms with Crippen molar-refractivity contribution >= 4 is 22.9 Å². The van der Waals surface area contributed by atoms with Crippen LogP contribution in [0.25, 0.3) is 11.0 Å². The highest BCUT2D eigenvalue weighted by molar-refractivity contribution is 5.79. The van der Waals surface area contributed by atoms with Gasteiger partial charge in [-0.25, -0.2) is 4.98 Å². The molecule has 4 rings (SSSR count). The molecular formula is C21H32N6O2. The Balaban J connectivity index is 1.59. The Hall–Kier alpha value is -2.38. The first-order chi connectivity index (χ1) is 13.9. The minimum absolute atomic E-state index is 0.00786. The number of carbonyl (C=O) groups is 1. The van der Waals surface area contributed by atoms with Crippen molar-refractivity contribution in [3.8, 4) is 0 Å². The predicted molar refractivity (Wildman–Crippen MR) is 113 cm³/mol. The number of piperazine rings is 1. The molecule has 2 fully saturated rings. The van der Waals surface area contributed by atoms with E-state index < -0.39 is 0 Å². The lowest BCUT2D eigenvalue weighted by Crippen LogP contribution is -2.52. The van der Waals surface area contributed by atoms with Gasteiger partial charge in [0.2, 0.25) is 11.9 Å². The van der Waals surface area contributed by atoms with Crippen LogP contribution in [0.3, 0.4) is 0 Å². The van der Waals surface area contributed by atoms with Crippen LogP contribution in [0.4, 0.5) is 5.95 Å². The third-order valence-corrected chi connectivity index (χ3v) is 6.38. The van der Waals surface area contributed by atoms with Gasteiger partial charge in [-0.2, -0.15) is 5.10 Å². The Morgan fingerprint density at radius 3 is 2.34 bits per heavy atom. The van der Waals surface area contributed by atoms with Crippen LogP contribution < -0.4 is 10.5 Å². The molecule has 2 aromatic rings. The van der Waals surface area contributed by atoms with Gasteiger partial charge in [-0.05, 0) is 33.6 Å². The number of nitrogens with zero attached hydrogens (tertiary/aromatic N) is 6. The standard InChI is InChI=1S/C21H32N6O2/c1-14(2)27-20(29)18-17(15(3)23-24(18)4)22-21(27)26-12-10-25(11-13-26)19(28)16-8-6-5-7-9-16/h14,16H,5-13H2,1-4H3. The minimum Gasteiger partial charge on any atom is -0.339 e. The monoisotopic (exact) mass is 400 g/mol. The summed E-state index contributed by atoms with van der Waals surface area (Å²) in [4.78, 5) is 35.1. The average Bonchev–Trinajstić information content (AvgIpc) is 3.01. The van der Waals surface area contributed by atoms with Crippen molar-refractivity contribution < 1.29 is 4.79 Å². The van der Waals surface area contributed by atoms with Crippen molar-refractivity contribution in [3.63, 3.8) is 0 Å². The van der Waals surface area contributed by atoms with Crippen LogP contribution >= 0.6 is 0 Å². The summed E-state index contributed by atoms with van der Waals surface area (Å²) in [5.41, 5.74) is 1.93. The fourth-order valence-corrected chi connectivity index (χ4v) is 4.80. The third kappa shape index (κ3) is 3.53. The second kappa shape index (κ2) is 7.80. The maximum absolute atomic E-state index is 13.2. The summed E-state index contributed by atoms with van der Waals surface area (Å²) in [7, 11) is 1.79. The molecule has 1 aliphatic heterocycles. The molecule has 1 saturated carbocycles. The summed E-state index contributed by atoms with van der Waals surface area (Å²) in [5.74, 6) is 1.21. The van der Waals surface area contributed by atoms with Gasteiger partial charge in [0.15, 0.2) is 5.52 Å². The van der Waals surface area contributed by atoms with Gasteiger partial charge in [-0.3, -0.25) is 18.8 Å². The molecule has 0 atom stereocenters. The van der Waals surface area contributed by atoms with Crippen molar-refractivity contribution in [1.29, 1.82) is 0 Å². The Bertz CT molecular complexity index is 962. The van der Waals surface area contributed by atoms with Crippen molar-refractivity contribution in [3.05, 3.63) is 16.0 Å². The molecule has 0 aromatic carbocycles. The van der Waals surface area contributed by atoms with Crippen molar-refractivity contribution in [1.82, 2.24) is 24.2 Å². The van der Waals surface area contributed by atoms with Gasteiger partial charge >= 0.3 is 0 Å². The van der Waals surface area contributed by atoms with Crippen LogP contribution in [0.15, 0.2) is 4.79 Å². The summed E-state index contributed by atoms with van der Waals surface area (Å²) in [6, 6.07) is -0.00786. The lowest BCUT2D eigenvalue weighted by molar-refractivity contribution is -0.136. The van der Waals surface area contributed by atoms with Crippen molar-refractivity contribution in [2.45, 2.75) is 58.9 Å². The Morgan fingerprint density at radius 1 is 1.07 bits per heavy atom. The van der Waals surface area contributed by atoms with E-state index in [-0.39, 0.29) is 17.5 Å². The molecule has 0 unspecified atom stereocenters. The average molecular weight is 401 g/mol. The van der Waals surface area contributed by atoms with E-state index in [1.165, 1.54) is 19.3 Å². The Labute approximate surface area is 171 Å². The first kappa shape index (κ1) is 19.9. The Morgan fingerprint density at radius 2 is 1.72 bits per heavy atom. The van der Waals surface area contributed by atoms with Gasteiger partial charge in [-0.1, -0.05) is 19.3 Å². The number of rotatable bonds is 3. The van der Waals surface area contributed by atoms with Crippen molar-refractivity contribution in [2.75, 3.05) is 31.1 Å². The first-order valence-electron chi connectivity index (χ1n) is 10.9. The second-order valence-corrected chi connectivity index (χ2v) is 8.73. The number of anilines is 1. The number of fused-ring (bicyclic) bond motifs is 1. The fourth-order valence-electron chi connectivity index (χ4n) is 4.80. The maximum atomic E-state index is 13.2. The van der Waals surface area contributed by atoms with Crippen LogP contribution in [0.1, 0.15) is 57.7 Å². The first-order valence-corrected chi connectivity index (χ1v) is 10.9. The molecular weight excluding hydrogens is 368 g/mol. The summed E-state index contributed by atoms with van der Waals surface area (Å²) in [6.45, 7) is 8.67. The van der Waals surface area contributed by atoms with E-state index >= 15 is 0 Å². The number of carbonyl (C=O) groups excluding carboxylic acids is 1. The highest BCUT2D eigenvalue weighted by Gasteiger charge is 2.30. The third-order valence-electron chi connectivity index (χ3n) is 6.38. The molecule has 0 N–H and O–H groups in total. The number of aromatic nitrogens is 4. The zero-order valence-electron chi connectivity index (χ0n) is 18.0. The molecule has 0 radical (unpaired) electrons. The number of amides is 1. The van der Waals surface area contributed by atoms with E-state index in [9.17, 15) is 9.59 Å². The van der Waals surface area contributed by atoms with Gasteiger partial charge in [-0.15, -0.1) is 0 Å². The number of hydrogen-bond donors (Lipinski definition) is 0. The van der Waals surface area contributed by atoms with E-state index in [0.717, 1.165) is 18.5 Å². The molecule has 0 bridgehead atoms. The SMILES string of the molecule is Cc1nn(C)c2c(=O)n(C(C)C)c(N3CCN(C(=O)C4CCCCC4)CC3)nc12. The molecule has 8 nitrogen and oxygen atoms in total. The molecule has 1 amide bonds. The van der Waals surface area contributed by atoms with Crippen LogP contribution in [0.5, 0.6) is 0 Å². The highest BCUT2D eigenvalue weighted by Crippen LogP contribution is 2.27. The lowest BCUT2D eigenvalue weighted by atomic mass is 9.88. The molecule has 8 heteroatoms. The lowest BCUT2D eigenvalue weighted by Gasteiger charge is -2.38. The van der Waals surface area contributed by atoms with E-state index in [2.05, 4.69) is 10.00 Å². The van der Waals surface area contributed by atoms with Crippen molar-refractivity contribution in [2.24, 2.45) is 13.0 Å². The molecule has 1 saturated heterocycles. The van der Waals surface area contributed by atoms with Crippen LogP contribution in [-0.2, 0) is 11.8 Å². The van der Waals surface area contributed by atoms with Crippen LogP contribution in [-0.4, -0.2) is 56.3 Å². The summed E-state index contributed by atoms with van der Waals surface area (Å²) in [5, 5.41) is 4.39. The molecule has 158 valence electrons. The van der Waals surface area contributed by atoms with Gasteiger partial charge in [0, 0.05) is 45.2 Å². The maximum Gasteiger partial charge on any atom is 0.281 e. The molecule has 1 aliphatic carbocycles. The second-order valence-electron chi connectivity index (χ2n) is 8.73. The zero-order chi connectivity index (χ0) is 20.7. The highest BCUT2D eigenvalue weighted by atomic mass is 16.2. The summed E-state index contributed by atoms with van der Waals surface area (Å²) in [6.07, 6.45) is 5.66. The smallest absolute Gasteiger partial charge is 0.281 e.